The SMILES string of the molecule is CC(C)(C)C(=O)OCOP(=O)(OCOC(=O)C(C)(C)C)C(C(=O)NC=Cc1cccc([N+](=O)[O-])c1)c1csc2ccc(Cl)cc12. The van der Waals surface area contributed by atoms with Crippen molar-refractivity contribution in [2.45, 2.75) is 47.2 Å². The number of ether oxygens (including phenoxy) is 2. The molecule has 1 amide bonds. The van der Waals surface area contributed by atoms with Gasteiger partial charge in [0.25, 0.3) is 5.69 Å². The fourth-order valence-electron chi connectivity index (χ4n) is 3.65. The maximum absolute atomic E-state index is 14.6. The number of thiophene rings is 1. The average Bonchev–Trinajstić information content (AvgIpc) is 3.34. The molecule has 1 N–H and O–H groups in total. The summed E-state index contributed by atoms with van der Waals surface area (Å²) in [6.45, 7) is 8.01. The lowest BCUT2D eigenvalue weighted by molar-refractivity contribution is -0.384. The van der Waals surface area contributed by atoms with Gasteiger partial charge in [0, 0.05) is 28.1 Å². The Labute approximate surface area is 269 Å². The first-order chi connectivity index (χ1) is 20.9. The standard InChI is InChI=1S/C30H34ClN2O10PS/c1-29(2,3)27(35)40-17-42-44(39,43-18-41-28(36)30(4,5)6)25(23-16-45-24-11-10-20(31)15-22(23)24)26(34)32-13-12-19-8-7-9-21(14-19)33(37)38/h7-16,25H,17-18H2,1-6H3,(H,32,34). The number of rotatable bonds is 12. The van der Waals surface area contributed by atoms with E-state index in [1.165, 1.54) is 41.8 Å². The van der Waals surface area contributed by atoms with Crippen LogP contribution in [-0.4, -0.2) is 36.4 Å². The maximum Gasteiger partial charge on any atom is 0.353 e. The van der Waals surface area contributed by atoms with Gasteiger partial charge in [-0.05, 0) is 87.7 Å². The molecule has 0 spiro atoms. The summed E-state index contributed by atoms with van der Waals surface area (Å²) in [5.74, 6) is -2.19. The molecule has 0 aliphatic carbocycles. The molecule has 1 atom stereocenters. The lowest BCUT2D eigenvalue weighted by atomic mass is 9.98. The Balaban J connectivity index is 2.03. The number of nitro benzene ring substituents is 1. The van der Waals surface area contributed by atoms with Crippen LogP contribution in [0.25, 0.3) is 16.2 Å². The predicted octanol–water partition coefficient (Wildman–Crippen LogP) is 7.61. The van der Waals surface area contributed by atoms with Crippen LogP contribution in [0.3, 0.4) is 0 Å². The second-order valence-corrected chi connectivity index (χ2v) is 15.3. The van der Waals surface area contributed by atoms with Crippen molar-refractivity contribution in [1.82, 2.24) is 5.32 Å². The summed E-state index contributed by atoms with van der Waals surface area (Å²) in [7, 11) is -4.67. The van der Waals surface area contributed by atoms with E-state index in [0.29, 0.717) is 20.7 Å². The van der Waals surface area contributed by atoms with Gasteiger partial charge in [0.05, 0.1) is 15.8 Å². The van der Waals surface area contributed by atoms with Crippen LogP contribution in [0.1, 0.15) is 58.3 Å². The molecule has 1 aromatic heterocycles. The lowest BCUT2D eigenvalue weighted by Gasteiger charge is -2.27. The molecule has 0 bridgehead atoms. The highest BCUT2D eigenvalue weighted by Gasteiger charge is 2.45. The number of carbonyl (C=O) groups excluding carboxylic acids is 3. The van der Waals surface area contributed by atoms with Crippen molar-refractivity contribution in [3.63, 3.8) is 0 Å². The van der Waals surface area contributed by atoms with Crippen LogP contribution < -0.4 is 5.32 Å². The first-order valence-electron chi connectivity index (χ1n) is 13.5. The van der Waals surface area contributed by atoms with Crippen LogP contribution in [0.4, 0.5) is 5.69 Å². The number of hydrogen-bond donors (Lipinski definition) is 1. The molecule has 12 nitrogen and oxygen atoms in total. The summed E-state index contributed by atoms with van der Waals surface area (Å²) in [5, 5.41) is 16.1. The highest BCUT2D eigenvalue weighted by Crippen LogP contribution is 2.62. The van der Waals surface area contributed by atoms with E-state index < -0.39 is 60.4 Å². The fraction of sp³-hybridized carbons (Fsp3) is 0.367. The van der Waals surface area contributed by atoms with E-state index in [1.54, 1.807) is 71.2 Å². The van der Waals surface area contributed by atoms with Gasteiger partial charge < -0.3 is 14.8 Å². The Morgan fingerprint density at radius 1 is 1.00 bits per heavy atom. The van der Waals surface area contributed by atoms with Crippen molar-refractivity contribution in [3.05, 3.63) is 80.3 Å². The third kappa shape index (κ3) is 9.69. The van der Waals surface area contributed by atoms with Gasteiger partial charge >= 0.3 is 19.5 Å². The number of amides is 1. The van der Waals surface area contributed by atoms with Gasteiger partial charge in [0.15, 0.2) is 5.66 Å². The molecule has 242 valence electrons. The predicted molar refractivity (Wildman–Crippen MR) is 170 cm³/mol. The molecule has 3 aromatic rings. The quantitative estimate of drug-likeness (QED) is 0.0663. The number of nitrogens with zero attached hydrogens (tertiary/aromatic N) is 1. The molecule has 45 heavy (non-hydrogen) atoms. The van der Waals surface area contributed by atoms with Gasteiger partial charge in [-0.25, -0.2) is 0 Å². The average molecular weight is 681 g/mol. The van der Waals surface area contributed by atoms with Crippen molar-refractivity contribution in [2.75, 3.05) is 13.6 Å². The van der Waals surface area contributed by atoms with E-state index in [-0.39, 0.29) is 11.3 Å². The van der Waals surface area contributed by atoms with Crippen molar-refractivity contribution in [1.29, 1.82) is 0 Å². The topological polar surface area (TPSA) is 160 Å². The van der Waals surface area contributed by atoms with Crippen LogP contribution in [0.2, 0.25) is 5.02 Å². The molecule has 0 aliphatic rings. The van der Waals surface area contributed by atoms with E-state index in [2.05, 4.69) is 5.32 Å². The fourth-order valence-corrected chi connectivity index (χ4v) is 6.58. The second-order valence-electron chi connectivity index (χ2n) is 11.8. The number of non-ortho nitro benzene ring substituents is 1. The van der Waals surface area contributed by atoms with E-state index in [9.17, 15) is 29.1 Å². The zero-order valence-electron chi connectivity index (χ0n) is 25.5. The van der Waals surface area contributed by atoms with Crippen molar-refractivity contribution in [2.24, 2.45) is 10.8 Å². The molecule has 1 heterocycles. The molecule has 15 heteroatoms. The highest BCUT2D eigenvalue weighted by molar-refractivity contribution is 7.55. The van der Waals surface area contributed by atoms with E-state index in [0.717, 1.165) is 0 Å². The van der Waals surface area contributed by atoms with Crippen LogP contribution in [-0.2, 0) is 37.5 Å². The third-order valence-electron chi connectivity index (χ3n) is 6.08. The summed E-state index contributed by atoms with van der Waals surface area (Å²) in [4.78, 5) is 49.3. The molecule has 0 radical (unpaired) electrons. The zero-order chi connectivity index (χ0) is 33.6. The minimum absolute atomic E-state index is 0.149. The van der Waals surface area contributed by atoms with E-state index >= 15 is 0 Å². The third-order valence-corrected chi connectivity index (χ3v) is 9.37. The highest BCUT2D eigenvalue weighted by atomic mass is 35.5. The van der Waals surface area contributed by atoms with E-state index in [4.69, 9.17) is 30.1 Å². The van der Waals surface area contributed by atoms with Gasteiger partial charge in [0.2, 0.25) is 19.5 Å². The number of nitrogens with one attached hydrogen (secondary N) is 1. The number of halogens is 1. The van der Waals surface area contributed by atoms with Gasteiger partial charge in [-0.2, -0.15) is 0 Å². The molecule has 0 saturated carbocycles. The molecule has 0 aliphatic heterocycles. The Morgan fingerprint density at radius 2 is 1.60 bits per heavy atom. The minimum Gasteiger partial charge on any atom is -0.438 e. The number of esters is 2. The zero-order valence-corrected chi connectivity index (χ0v) is 28.0. The number of fused-ring (bicyclic) bond motifs is 1. The molecule has 0 saturated heterocycles. The largest absolute Gasteiger partial charge is 0.438 e. The van der Waals surface area contributed by atoms with Gasteiger partial charge in [-0.3, -0.25) is 38.1 Å². The van der Waals surface area contributed by atoms with Gasteiger partial charge in [0.1, 0.15) is 0 Å². The monoisotopic (exact) mass is 680 g/mol. The summed E-state index contributed by atoms with van der Waals surface area (Å²) in [6, 6.07) is 10.7. The molecule has 0 fully saturated rings. The summed E-state index contributed by atoms with van der Waals surface area (Å²) >= 11 is 7.50. The lowest BCUT2D eigenvalue weighted by Crippen LogP contribution is -2.29. The number of nitro groups is 1. The van der Waals surface area contributed by atoms with Crippen LogP contribution in [0, 0.1) is 20.9 Å². The van der Waals surface area contributed by atoms with Crippen molar-refractivity contribution in [3.8, 4) is 0 Å². The molecular formula is C30H34ClN2O10PS. The van der Waals surface area contributed by atoms with Crippen LogP contribution in [0.15, 0.2) is 54.0 Å². The smallest absolute Gasteiger partial charge is 0.353 e. The number of hydrogen-bond acceptors (Lipinski definition) is 11. The van der Waals surface area contributed by atoms with Gasteiger partial charge in [-0.15, -0.1) is 11.3 Å². The number of carbonyl (C=O) groups is 3. The Morgan fingerprint density at radius 3 is 2.16 bits per heavy atom. The van der Waals surface area contributed by atoms with Crippen molar-refractivity contribution >= 4 is 70.2 Å². The molecular weight excluding hydrogens is 647 g/mol. The Bertz CT molecular complexity index is 1620. The summed E-state index contributed by atoms with van der Waals surface area (Å²) in [5.41, 5.74) is -3.00. The second kappa shape index (κ2) is 14.7. The van der Waals surface area contributed by atoms with Gasteiger partial charge in [-0.1, -0.05) is 23.7 Å². The summed E-state index contributed by atoms with van der Waals surface area (Å²) < 4.78 is 36.8. The maximum atomic E-state index is 14.6. The Kier molecular flexibility index (Phi) is 11.7. The first-order valence-corrected chi connectivity index (χ1v) is 16.4. The van der Waals surface area contributed by atoms with E-state index in [1.807, 2.05) is 0 Å². The summed E-state index contributed by atoms with van der Waals surface area (Å²) in [6.07, 6.45) is 2.63. The molecule has 3 rings (SSSR count). The normalized spacial score (nSPS) is 13.0. The number of benzene rings is 2. The van der Waals surface area contributed by atoms with Crippen molar-refractivity contribution < 1.29 is 42.4 Å². The Hall–Kier alpha value is -3.61. The van der Waals surface area contributed by atoms with Crippen LogP contribution in [0.5, 0.6) is 0 Å². The molecule has 2 aromatic carbocycles. The van der Waals surface area contributed by atoms with Crippen LogP contribution >= 0.6 is 30.5 Å². The minimum atomic E-state index is -4.67. The molecule has 1 unspecified atom stereocenters. The first kappa shape index (κ1) is 35.9.